The van der Waals surface area contributed by atoms with Gasteiger partial charge in [-0.05, 0) is 50.8 Å². The van der Waals surface area contributed by atoms with Crippen LogP contribution in [0.15, 0.2) is 33.9 Å². The van der Waals surface area contributed by atoms with Crippen molar-refractivity contribution in [1.82, 2.24) is 19.8 Å². The van der Waals surface area contributed by atoms with Gasteiger partial charge in [-0.2, -0.15) is 13.2 Å². The molecular formula is C30H38F3N7O2S. The third-order valence-electron chi connectivity index (χ3n) is 8.39. The van der Waals surface area contributed by atoms with E-state index in [-0.39, 0.29) is 22.2 Å². The van der Waals surface area contributed by atoms with Crippen molar-refractivity contribution in [2.75, 3.05) is 86.3 Å². The molecule has 0 unspecified atom stereocenters. The maximum absolute atomic E-state index is 13.3. The lowest BCUT2D eigenvalue weighted by Gasteiger charge is -2.34. The number of alkyl halides is 3. The molecule has 3 aliphatic heterocycles. The maximum Gasteiger partial charge on any atom is 0.420 e. The average Bonchev–Trinajstić information content (AvgIpc) is 3.76. The van der Waals surface area contributed by atoms with Gasteiger partial charge in [0.1, 0.15) is 16.8 Å². The molecule has 9 nitrogen and oxygen atoms in total. The number of aryl methyl sites for hydroxylation is 1. The molecule has 1 N–H and O–H groups in total. The molecule has 0 atom stereocenters. The number of pyridine rings is 1. The molecule has 0 bridgehead atoms. The zero-order valence-electron chi connectivity index (χ0n) is 24.5. The number of benzene rings is 1. The zero-order valence-corrected chi connectivity index (χ0v) is 25.3. The Labute approximate surface area is 253 Å². The second kappa shape index (κ2) is 12.9. The van der Waals surface area contributed by atoms with E-state index in [0.717, 1.165) is 114 Å². The first-order valence-corrected chi connectivity index (χ1v) is 16.1. The van der Waals surface area contributed by atoms with Crippen LogP contribution in [0.4, 0.5) is 30.4 Å². The topological polar surface area (TPSA) is 81.0 Å². The Morgan fingerprint density at radius 2 is 1.63 bits per heavy atom. The van der Waals surface area contributed by atoms with Crippen LogP contribution in [0.2, 0.25) is 0 Å². The summed E-state index contributed by atoms with van der Waals surface area (Å²) in [5.74, 6) is 1.52. The number of carbonyl (C=O) groups excluding carboxylic acids is 1. The van der Waals surface area contributed by atoms with E-state index in [1.165, 1.54) is 23.9 Å². The molecule has 0 radical (unpaired) electrons. The largest absolute Gasteiger partial charge is 0.431 e. The quantitative estimate of drug-likeness (QED) is 0.330. The molecule has 0 aliphatic carbocycles. The van der Waals surface area contributed by atoms with E-state index in [9.17, 15) is 18.0 Å². The molecule has 13 heteroatoms. The SMILES string of the molecule is Cc1cc(N2CCCC2)c(NC(=O)CN2CCN(CCSc3nc4cccc(C(F)(F)F)c4o3)CC2)c(N2CCCC2)n1. The van der Waals surface area contributed by atoms with Crippen LogP contribution in [-0.2, 0) is 11.0 Å². The van der Waals surface area contributed by atoms with Gasteiger partial charge in [0.05, 0.1) is 12.2 Å². The van der Waals surface area contributed by atoms with Crippen molar-refractivity contribution in [2.45, 2.75) is 44.0 Å². The average molecular weight is 618 g/mol. The normalized spacial score (nSPS) is 18.7. The fourth-order valence-corrected chi connectivity index (χ4v) is 6.98. The molecule has 0 spiro atoms. The van der Waals surface area contributed by atoms with Crippen molar-refractivity contribution in [3.63, 3.8) is 0 Å². The highest BCUT2D eigenvalue weighted by Gasteiger charge is 2.34. The summed E-state index contributed by atoms with van der Waals surface area (Å²) in [5, 5.41) is 3.51. The summed E-state index contributed by atoms with van der Waals surface area (Å²) in [6.45, 7) is 10.1. The molecule has 3 fully saturated rings. The molecule has 3 aromatic rings. The van der Waals surface area contributed by atoms with E-state index in [0.29, 0.717) is 12.3 Å². The lowest BCUT2D eigenvalue weighted by atomic mass is 10.2. The molecule has 6 rings (SSSR count). The maximum atomic E-state index is 13.3. The van der Waals surface area contributed by atoms with Crippen molar-refractivity contribution in [2.24, 2.45) is 0 Å². The lowest BCUT2D eigenvalue weighted by molar-refractivity contribution is -0.136. The molecule has 2 aromatic heterocycles. The first-order valence-electron chi connectivity index (χ1n) is 15.1. The van der Waals surface area contributed by atoms with Gasteiger partial charge in [-0.3, -0.25) is 14.6 Å². The lowest BCUT2D eigenvalue weighted by Crippen LogP contribution is -2.49. The minimum absolute atomic E-state index is 0.0234. The van der Waals surface area contributed by atoms with Gasteiger partial charge < -0.3 is 19.5 Å². The molecule has 1 aromatic carbocycles. The van der Waals surface area contributed by atoms with Crippen LogP contribution < -0.4 is 15.1 Å². The number of hydrogen-bond acceptors (Lipinski definition) is 9. The van der Waals surface area contributed by atoms with E-state index in [2.05, 4.69) is 36.0 Å². The second-order valence-corrected chi connectivity index (χ2v) is 12.6. The van der Waals surface area contributed by atoms with Crippen LogP contribution in [0.25, 0.3) is 11.1 Å². The van der Waals surface area contributed by atoms with E-state index in [1.54, 1.807) is 0 Å². The van der Waals surface area contributed by atoms with E-state index < -0.39 is 11.7 Å². The smallest absolute Gasteiger partial charge is 0.420 e. The Kier molecular flexibility index (Phi) is 9.01. The minimum Gasteiger partial charge on any atom is -0.431 e. The van der Waals surface area contributed by atoms with Crippen molar-refractivity contribution in [3.8, 4) is 0 Å². The highest BCUT2D eigenvalue weighted by Crippen LogP contribution is 2.39. The number of piperazine rings is 1. The molecular weight excluding hydrogens is 579 g/mol. The summed E-state index contributed by atoms with van der Waals surface area (Å²) in [6.07, 6.45) is 0.104. The fraction of sp³-hybridized carbons (Fsp3) is 0.567. The zero-order chi connectivity index (χ0) is 30.0. The van der Waals surface area contributed by atoms with Gasteiger partial charge in [-0.25, -0.2) is 9.97 Å². The number of fused-ring (bicyclic) bond motifs is 1. The highest BCUT2D eigenvalue weighted by atomic mass is 32.2. The third-order valence-corrected chi connectivity index (χ3v) is 9.20. The first-order chi connectivity index (χ1) is 20.7. The minimum atomic E-state index is -4.49. The highest BCUT2D eigenvalue weighted by molar-refractivity contribution is 7.99. The van der Waals surface area contributed by atoms with Gasteiger partial charge in [-0.15, -0.1) is 0 Å². The standard InChI is InChI=1S/C30H38F3N7O2S/c1-21-19-24(39-9-2-3-10-39)26(28(34-21)40-11-4-5-12-40)36-25(41)20-38-15-13-37(14-16-38)17-18-43-29-35-23-8-6-7-22(27(23)42-29)30(31,32)33/h6-8,19H,2-5,9-18,20H2,1H3,(H,36,41). The molecule has 0 saturated carbocycles. The molecule has 3 saturated heterocycles. The Morgan fingerprint density at radius 3 is 2.33 bits per heavy atom. The van der Waals surface area contributed by atoms with E-state index >= 15 is 0 Å². The number of oxazole rings is 1. The molecule has 232 valence electrons. The number of para-hydroxylation sites is 1. The van der Waals surface area contributed by atoms with Crippen molar-refractivity contribution >= 4 is 46.0 Å². The van der Waals surface area contributed by atoms with Crippen LogP contribution in [0.1, 0.15) is 36.9 Å². The fourth-order valence-electron chi connectivity index (χ4n) is 6.15. The van der Waals surface area contributed by atoms with Crippen LogP contribution in [-0.4, -0.2) is 96.9 Å². The van der Waals surface area contributed by atoms with Crippen LogP contribution in [0, 0.1) is 6.92 Å². The number of nitrogens with one attached hydrogen (secondary N) is 1. The Balaban J connectivity index is 1.01. The summed E-state index contributed by atoms with van der Waals surface area (Å²) < 4.78 is 45.3. The predicted molar refractivity (Wildman–Crippen MR) is 163 cm³/mol. The summed E-state index contributed by atoms with van der Waals surface area (Å²) in [4.78, 5) is 31.6. The van der Waals surface area contributed by atoms with E-state index in [4.69, 9.17) is 9.40 Å². The summed E-state index contributed by atoms with van der Waals surface area (Å²) in [5.41, 5.74) is 2.09. The monoisotopic (exact) mass is 617 g/mol. The van der Waals surface area contributed by atoms with Crippen molar-refractivity contribution < 1.29 is 22.4 Å². The number of amides is 1. The molecule has 43 heavy (non-hydrogen) atoms. The summed E-state index contributed by atoms with van der Waals surface area (Å²) >= 11 is 1.32. The van der Waals surface area contributed by atoms with Gasteiger partial charge >= 0.3 is 6.18 Å². The van der Waals surface area contributed by atoms with Gasteiger partial charge in [0.25, 0.3) is 5.22 Å². The van der Waals surface area contributed by atoms with Crippen molar-refractivity contribution in [1.29, 1.82) is 0 Å². The Hall–Kier alpha value is -3.03. The van der Waals surface area contributed by atoms with Crippen LogP contribution in [0.3, 0.4) is 0 Å². The van der Waals surface area contributed by atoms with Crippen molar-refractivity contribution in [3.05, 3.63) is 35.5 Å². The van der Waals surface area contributed by atoms with Crippen LogP contribution >= 0.6 is 11.8 Å². The number of thioether (sulfide) groups is 1. The first kappa shape index (κ1) is 30.0. The summed E-state index contributed by atoms with van der Waals surface area (Å²) in [6, 6.07) is 5.99. The number of anilines is 3. The molecule has 5 heterocycles. The number of nitrogens with zero attached hydrogens (tertiary/aromatic N) is 6. The second-order valence-electron chi connectivity index (χ2n) is 11.5. The van der Waals surface area contributed by atoms with Crippen LogP contribution in [0.5, 0.6) is 0 Å². The molecule has 3 aliphatic rings. The van der Waals surface area contributed by atoms with E-state index in [1.807, 2.05) is 6.92 Å². The summed E-state index contributed by atoms with van der Waals surface area (Å²) in [7, 11) is 0. The number of halogens is 3. The van der Waals surface area contributed by atoms with Gasteiger partial charge in [-0.1, -0.05) is 17.8 Å². The number of carbonyl (C=O) groups is 1. The van der Waals surface area contributed by atoms with Gasteiger partial charge in [0, 0.05) is 70.3 Å². The number of hydrogen-bond donors (Lipinski definition) is 1. The number of rotatable bonds is 9. The predicted octanol–water partition coefficient (Wildman–Crippen LogP) is 5.10. The Bertz CT molecular complexity index is 1390. The number of aromatic nitrogens is 2. The van der Waals surface area contributed by atoms with Gasteiger partial charge in [0.2, 0.25) is 5.91 Å². The Morgan fingerprint density at radius 1 is 0.953 bits per heavy atom. The third kappa shape index (κ3) is 7.04. The molecule has 1 amide bonds. The van der Waals surface area contributed by atoms with Gasteiger partial charge in [0.15, 0.2) is 11.4 Å².